The van der Waals surface area contributed by atoms with E-state index in [4.69, 9.17) is 4.52 Å². The number of nitrogens with zero attached hydrogens (tertiary/aromatic N) is 2. The highest BCUT2D eigenvalue weighted by Crippen LogP contribution is 2.25. The van der Waals surface area contributed by atoms with E-state index in [2.05, 4.69) is 21.0 Å². The monoisotopic (exact) mass is 288 g/mol. The summed E-state index contributed by atoms with van der Waals surface area (Å²) in [5.41, 5.74) is 5.90. The Morgan fingerprint density at radius 2 is 2.10 bits per heavy atom. The van der Waals surface area contributed by atoms with E-state index in [-0.39, 0.29) is 17.8 Å². The molecule has 0 radical (unpaired) electrons. The molecule has 0 bridgehead atoms. The largest absolute Gasteiger partial charge is 0.392 e. The third-order valence-corrected chi connectivity index (χ3v) is 3.57. The molecule has 1 aromatic carbocycles. The van der Waals surface area contributed by atoms with Gasteiger partial charge in [0, 0.05) is 5.56 Å². The van der Waals surface area contributed by atoms with Gasteiger partial charge in [-0.2, -0.15) is 4.98 Å². The van der Waals surface area contributed by atoms with Gasteiger partial charge in [0.05, 0.1) is 12.0 Å². The second-order valence-corrected chi connectivity index (χ2v) is 5.01. The van der Waals surface area contributed by atoms with Crippen molar-refractivity contribution in [3.05, 3.63) is 30.3 Å². The first kappa shape index (κ1) is 13.6. The van der Waals surface area contributed by atoms with Crippen LogP contribution in [0.2, 0.25) is 0 Å². The number of rotatable bonds is 4. The van der Waals surface area contributed by atoms with E-state index < -0.39 is 6.10 Å². The highest BCUT2D eigenvalue weighted by atomic mass is 16.5. The van der Waals surface area contributed by atoms with E-state index in [1.165, 1.54) is 0 Å². The average Bonchev–Trinajstić information content (AvgIpc) is 3.15. The lowest BCUT2D eigenvalue weighted by molar-refractivity contribution is -0.127. The Morgan fingerprint density at radius 3 is 2.81 bits per heavy atom. The third kappa shape index (κ3) is 3.03. The molecule has 1 amide bonds. The number of hydrazine groups is 1. The molecule has 3 N–H and O–H groups in total. The lowest BCUT2D eigenvalue weighted by Gasteiger charge is -2.13. The Kier molecular flexibility index (Phi) is 3.83. The van der Waals surface area contributed by atoms with Crippen molar-refractivity contribution < 1.29 is 14.4 Å². The predicted molar refractivity (Wildman–Crippen MR) is 74.8 cm³/mol. The van der Waals surface area contributed by atoms with Crippen LogP contribution >= 0.6 is 0 Å². The minimum Gasteiger partial charge on any atom is -0.392 e. The molecule has 0 saturated heterocycles. The summed E-state index contributed by atoms with van der Waals surface area (Å²) in [6.45, 7) is 0. The fourth-order valence-corrected chi connectivity index (χ4v) is 2.43. The zero-order valence-corrected chi connectivity index (χ0v) is 11.3. The normalized spacial score (nSPS) is 21.2. The molecule has 0 spiro atoms. The molecule has 1 aromatic heterocycles. The number of hydrogen-bond donors (Lipinski definition) is 3. The first-order chi connectivity index (χ1) is 10.2. The Morgan fingerprint density at radius 1 is 1.29 bits per heavy atom. The zero-order valence-electron chi connectivity index (χ0n) is 11.3. The number of nitrogens with one attached hydrogen (secondary N) is 2. The number of aliphatic hydroxyl groups is 1. The van der Waals surface area contributed by atoms with Gasteiger partial charge in [-0.1, -0.05) is 35.5 Å². The maximum Gasteiger partial charge on any atom is 0.340 e. The fourth-order valence-electron chi connectivity index (χ4n) is 2.43. The van der Waals surface area contributed by atoms with Crippen molar-refractivity contribution >= 4 is 11.9 Å². The van der Waals surface area contributed by atoms with Crippen molar-refractivity contribution in [2.24, 2.45) is 5.92 Å². The fraction of sp³-hybridized carbons (Fsp3) is 0.357. The number of anilines is 1. The molecule has 1 aliphatic carbocycles. The van der Waals surface area contributed by atoms with Gasteiger partial charge >= 0.3 is 6.01 Å². The Labute approximate surface area is 121 Å². The van der Waals surface area contributed by atoms with Gasteiger partial charge in [0.25, 0.3) is 0 Å². The van der Waals surface area contributed by atoms with Crippen molar-refractivity contribution in [1.82, 2.24) is 15.6 Å². The molecule has 2 aromatic rings. The minimum atomic E-state index is -0.575. The van der Waals surface area contributed by atoms with Crippen LogP contribution in [0.5, 0.6) is 0 Å². The van der Waals surface area contributed by atoms with Gasteiger partial charge in [-0.25, -0.2) is 5.43 Å². The number of aliphatic hydroxyl groups excluding tert-OH is 1. The molecule has 1 heterocycles. The Hall–Kier alpha value is -2.41. The van der Waals surface area contributed by atoms with Crippen molar-refractivity contribution in [1.29, 1.82) is 0 Å². The van der Waals surface area contributed by atoms with Crippen molar-refractivity contribution in [3.8, 4) is 11.4 Å². The van der Waals surface area contributed by atoms with Crippen LogP contribution in [0.3, 0.4) is 0 Å². The number of benzene rings is 1. The number of aromatic nitrogens is 2. The second kappa shape index (κ2) is 5.92. The van der Waals surface area contributed by atoms with Gasteiger partial charge in [-0.15, -0.1) is 0 Å². The van der Waals surface area contributed by atoms with Crippen LogP contribution in [0.15, 0.2) is 34.9 Å². The number of carbonyl (C=O) groups excluding carboxylic acids is 1. The summed E-state index contributed by atoms with van der Waals surface area (Å²) in [6, 6.07) is 9.49. The molecular weight excluding hydrogens is 272 g/mol. The van der Waals surface area contributed by atoms with Crippen LogP contribution in [0.4, 0.5) is 6.01 Å². The number of hydrogen-bond acceptors (Lipinski definition) is 6. The Balaban J connectivity index is 1.59. The van der Waals surface area contributed by atoms with Crippen molar-refractivity contribution in [2.45, 2.75) is 25.4 Å². The summed E-state index contributed by atoms with van der Waals surface area (Å²) in [5, 5.41) is 13.5. The molecule has 7 heteroatoms. The summed E-state index contributed by atoms with van der Waals surface area (Å²) in [7, 11) is 0. The summed E-state index contributed by atoms with van der Waals surface area (Å²) >= 11 is 0. The molecule has 2 unspecified atom stereocenters. The molecule has 110 valence electrons. The summed E-state index contributed by atoms with van der Waals surface area (Å²) in [5.74, 6) is -0.207. The van der Waals surface area contributed by atoms with Gasteiger partial charge < -0.3 is 9.63 Å². The molecule has 1 aliphatic rings. The van der Waals surface area contributed by atoms with Gasteiger partial charge in [0.1, 0.15) is 0 Å². The van der Waals surface area contributed by atoms with Crippen LogP contribution < -0.4 is 10.9 Å². The first-order valence-corrected chi connectivity index (χ1v) is 6.87. The average molecular weight is 288 g/mol. The van der Waals surface area contributed by atoms with E-state index >= 15 is 0 Å². The molecule has 21 heavy (non-hydrogen) atoms. The Bertz CT molecular complexity index is 614. The smallest absolute Gasteiger partial charge is 0.340 e. The van der Waals surface area contributed by atoms with E-state index in [1.807, 2.05) is 30.3 Å². The van der Waals surface area contributed by atoms with Crippen LogP contribution in [0, 0.1) is 5.92 Å². The standard InChI is InChI=1S/C14H16N4O3/c19-11-8-4-7-10(11)13(20)16-17-14-15-12(18-21-14)9-5-2-1-3-6-9/h1-3,5-6,10-11,19H,4,7-8H2,(H,16,20)(H,15,17,18). The van der Waals surface area contributed by atoms with E-state index in [0.29, 0.717) is 18.7 Å². The van der Waals surface area contributed by atoms with E-state index in [9.17, 15) is 9.90 Å². The minimum absolute atomic E-state index is 0.106. The van der Waals surface area contributed by atoms with Gasteiger partial charge in [-0.3, -0.25) is 10.2 Å². The van der Waals surface area contributed by atoms with Crippen molar-refractivity contribution in [3.63, 3.8) is 0 Å². The lowest BCUT2D eigenvalue weighted by atomic mass is 10.1. The molecule has 0 aliphatic heterocycles. The maximum atomic E-state index is 11.9. The van der Waals surface area contributed by atoms with Gasteiger partial charge in [0.15, 0.2) is 0 Å². The predicted octanol–water partition coefficient (Wildman–Crippen LogP) is 1.34. The van der Waals surface area contributed by atoms with E-state index in [0.717, 1.165) is 12.0 Å². The molecule has 7 nitrogen and oxygen atoms in total. The zero-order chi connectivity index (χ0) is 14.7. The highest BCUT2D eigenvalue weighted by Gasteiger charge is 2.31. The van der Waals surface area contributed by atoms with Crippen LogP contribution in [-0.2, 0) is 4.79 Å². The summed E-state index contributed by atoms with van der Waals surface area (Å²) < 4.78 is 5.01. The molecule has 3 rings (SSSR count). The highest BCUT2D eigenvalue weighted by molar-refractivity contribution is 5.80. The summed E-state index contributed by atoms with van der Waals surface area (Å²) in [6.07, 6.45) is 1.64. The third-order valence-electron chi connectivity index (χ3n) is 3.57. The van der Waals surface area contributed by atoms with Gasteiger partial charge in [-0.05, 0) is 19.3 Å². The second-order valence-electron chi connectivity index (χ2n) is 5.01. The maximum absolute atomic E-state index is 11.9. The van der Waals surface area contributed by atoms with Crippen LogP contribution in [-0.4, -0.2) is 27.3 Å². The number of amides is 1. The SMILES string of the molecule is O=C(NNc1nc(-c2ccccc2)no1)C1CCCC1O. The lowest BCUT2D eigenvalue weighted by Crippen LogP contribution is -2.38. The molecule has 1 saturated carbocycles. The summed E-state index contributed by atoms with van der Waals surface area (Å²) in [4.78, 5) is 16.0. The van der Waals surface area contributed by atoms with Crippen LogP contribution in [0.1, 0.15) is 19.3 Å². The topological polar surface area (TPSA) is 100 Å². The van der Waals surface area contributed by atoms with Gasteiger partial charge in [0.2, 0.25) is 11.7 Å². The first-order valence-electron chi connectivity index (χ1n) is 6.87. The van der Waals surface area contributed by atoms with E-state index in [1.54, 1.807) is 0 Å². The number of carbonyl (C=O) groups is 1. The molecule has 1 fully saturated rings. The molecule has 2 atom stereocenters. The van der Waals surface area contributed by atoms with Crippen LogP contribution in [0.25, 0.3) is 11.4 Å². The van der Waals surface area contributed by atoms with Crippen molar-refractivity contribution in [2.75, 3.05) is 5.43 Å². The molecular formula is C14H16N4O3. The quantitative estimate of drug-likeness (QED) is 0.734.